The Balaban J connectivity index is 1.99. The number of hydrogen-bond acceptors (Lipinski definition) is 4. The van der Waals surface area contributed by atoms with E-state index in [-0.39, 0.29) is 11.1 Å². The molecule has 6 heteroatoms. The Hall–Kier alpha value is -3.28. The Morgan fingerprint density at radius 1 is 0.682 bits per heavy atom. The van der Waals surface area contributed by atoms with E-state index in [4.69, 9.17) is 10.2 Å². The first-order valence-electron chi connectivity index (χ1n) is 6.29. The number of rotatable bonds is 5. The van der Waals surface area contributed by atoms with Gasteiger partial charge in [0.05, 0.1) is 23.6 Å². The summed E-state index contributed by atoms with van der Waals surface area (Å²) in [6.45, 7) is 0. The van der Waals surface area contributed by atoms with Crippen molar-refractivity contribution in [1.82, 2.24) is 0 Å². The Morgan fingerprint density at radius 2 is 1.00 bits per heavy atom. The van der Waals surface area contributed by atoms with E-state index in [1.54, 1.807) is 24.3 Å². The van der Waals surface area contributed by atoms with Crippen molar-refractivity contribution in [3.05, 3.63) is 70.8 Å². The van der Waals surface area contributed by atoms with Gasteiger partial charge in [-0.15, -0.1) is 0 Å². The summed E-state index contributed by atoms with van der Waals surface area (Å²) < 4.78 is 0. The van der Waals surface area contributed by atoms with Gasteiger partial charge < -0.3 is 10.2 Å². The summed E-state index contributed by atoms with van der Waals surface area (Å²) in [4.78, 5) is 21.4. The summed E-state index contributed by atoms with van der Waals surface area (Å²) in [6, 6.07) is 12.5. The molecule has 2 N–H and O–H groups in total. The van der Waals surface area contributed by atoms with E-state index in [1.165, 1.54) is 36.7 Å². The SMILES string of the molecule is O=C(O)c1ccc(C=NN=Cc2ccc(C(=O)O)cc2)cc1. The molecule has 0 saturated heterocycles. The van der Waals surface area contributed by atoms with Crippen LogP contribution in [-0.2, 0) is 0 Å². The molecule has 0 aliphatic heterocycles. The number of aromatic carboxylic acids is 2. The van der Waals surface area contributed by atoms with Gasteiger partial charge >= 0.3 is 11.9 Å². The summed E-state index contributed by atoms with van der Waals surface area (Å²) in [5, 5.41) is 25.3. The predicted octanol–water partition coefficient (Wildman–Crippen LogP) is 2.54. The molecule has 0 heterocycles. The minimum Gasteiger partial charge on any atom is -0.478 e. The van der Waals surface area contributed by atoms with Gasteiger partial charge in [0.25, 0.3) is 0 Å². The summed E-state index contributed by atoms with van der Waals surface area (Å²) in [6.07, 6.45) is 2.99. The molecule has 0 bridgehead atoms. The van der Waals surface area contributed by atoms with E-state index in [1.807, 2.05) is 0 Å². The molecule has 0 spiro atoms. The lowest BCUT2D eigenvalue weighted by Gasteiger charge is -1.95. The molecule has 0 atom stereocenters. The fourth-order valence-corrected chi connectivity index (χ4v) is 1.62. The highest BCUT2D eigenvalue weighted by molar-refractivity contribution is 5.90. The van der Waals surface area contributed by atoms with Crippen LogP contribution >= 0.6 is 0 Å². The Morgan fingerprint density at radius 3 is 1.27 bits per heavy atom. The lowest BCUT2D eigenvalue weighted by Crippen LogP contribution is -1.95. The number of hydrogen-bond donors (Lipinski definition) is 2. The van der Waals surface area contributed by atoms with Crippen LogP contribution in [0.2, 0.25) is 0 Å². The predicted molar refractivity (Wildman–Crippen MR) is 82.0 cm³/mol. The van der Waals surface area contributed by atoms with E-state index in [9.17, 15) is 9.59 Å². The highest BCUT2D eigenvalue weighted by Gasteiger charge is 2.01. The summed E-state index contributed by atoms with van der Waals surface area (Å²) >= 11 is 0. The molecule has 2 aromatic rings. The Labute approximate surface area is 126 Å². The van der Waals surface area contributed by atoms with Gasteiger partial charge in [0, 0.05) is 0 Å². The smallest absolute Gasteiger partial charge is 0.335 e. The van der Waals surface area contributed by atoms with E-state index >= 15 is 0 Å². The summed E-state index contributed by atoms with van der Waals surface area (Å²) in [5.74, 6) is -1.96. The van der Waals surface area contributed by atoms with Gasteiger partial charge in [-0.05, 0) is 35.4 Å². The zero-order valence-corrected chi connectivity index (χ0v) is 11.4. The third kappa shape index (κ3) is 4.11. The molecule has 0 saturated carbocycles. The first kappa shape index (κ1) is 15.1. The fourth-order valence-electron chi connectivity index (χ4n) is 1.62. The summed E-state index contributed by atoms with van der Waals surface area (Å²) in [7, 11) is 0. The first-order chi connectivity index (χ1) is 10.6. The normalized spacial score (nSPS) is 11.1. The van der Waals surface area contributed by atoms with Crippen LogP contribution < -0.4 is 0 Å². The maximum atomic E-state index is 10.7. The van der Waals surface area contributed by atoms with Crippen molar-refractivity contribution in [2.24, 2.45) is 10.2 Å². The molecule has 0 aromatic heterocycles. The lowest BCUT2D eigenvalue weighted by atomic mass is 10.1. The van der Waals surface area contributed by atoms with Crippen LogP contribution in [0, 0.1) is 0 Å². The van der Waals surface area contributed by atoms with Crippen LogP contribution in [0.15, 0.2) is 58.7 Å². The zero-order chi connectivity index (χ0) is 15.9. The lowest BCUT2D eigenvalue weighted by molar-refractivity contribution is 0.0686. The van der Waals surface area contributed by atoms with E-state index in [0.717, 1.165) is 11.1 Å². The monoisotopic (exact) mass is 296 g/mol. The molecule has 22 heavy (non-hydrogen) atoms. The van der Waals surface area contributed by atoms with Crippen molar-refractivity contribution < 1.29 is 19.8 Å². The van der Waals surface area contributed by atoms with Gasteiger partial charge in [0.15, 0.2) is 0 Å². The molecule has 0 aliphatic carbocycles. The minimum absolute atomic E-state index is 0.208. The highest BCUT2D eigenvalue weighted by Crippen LogP contribution is 2.04. The van der Waals surface area contributed by atoms with Gasteiger partial charge in [-0.3, -0.25) is 0 Å². The van der Waals surface area contributed by atoms with E-state index in [2.05, 4.69) is 10.2 Å². The second-order valence-corrected chi connectivity index (χ2v) is 4.34. The average molecular weight is 296 g/mol. The van der Waals surface area contributed by atoms with Gasteiger partial charge in [-0.2, -0.15) is 10.2 Å². The van der Waals surface area contributed by atoms with Crippen molar-refractivity contribution in [2.75, 3.05) is 0 Å². The fraction of sp³-hybridized carbons (Fsp3) is 0. The van der Waals surface area contributed by atoms with Gasteiger partial charge in [0.2, 0.25) is 0 Å². The van der Waals surface area contributed by atoms with Crippen molar-refractivity contribution in [3.63, 3.8) is 0 Å². The van der Waals surface area contributed by atoms with Crippen LogP contribution in [0.3, 0.4) is 0 Å². The Bertz CT molecular complexity index is 666. The van der Waals surface area contributed by atoms with Crippen molar-refractivity contribution in [3.8, 4) is 0 Å². The molecule has 0 aliphatic rings. The molecule has 2 rings (SSSR count). The number of carboxylic acids is 2. The molecule has 0 unspecified atom stereocenters. The van der Waals surface area contributed by atoms with Crippen LogP contribution in [0.25, 0.3) is 0 Å². The van der Waals surface area contributed by atoms with Gasteiger partial charge in [-0.25, -0.2) is 9.59 Å². The molecule has 0 fully saturated rings. The number of carboxylic acid groups (broad SMARTS) is 2. The number of benzene rings is 2. The number of carbonyl (C=O) groups is 2. The second-order valence-electron chi connectivity index (χ2n) is 4.34. The second kappa shape index (κ2) is 6.94. The van der Waals surface area contributed by atoms with Crippen LogP contribution in [0.1, 0.15) is 31.8 Å². The zero-order valence-electron chi connectivity index (χ0n) is 11.4. The molecule has 2 aromatic carbocycles. The van der Waals surface area contributed by atoms with Crippen molar-refractivity contribution in [1.29, 1.82) is 0 Å². The van der Waals surface area contributed by atoms with Crippen LogP contribution in [0.4, 0.5) is 0 Å². The van der Waals surface area contributed by atoms with Gasteiger partial charge in [0.1, 0.15) is 0 Å². The third-order valence-corrected chi connectivity index (χ3v) is 2.80. The average Bonchev–Trinajstić information content (AvgIpc) is 2.52. The largest absolute Gasteiger partial charge is 0.478 e. The van der Waals surface area contributed by atoms with Gasteiger partial charge in [-0.1, -0.05) is 24.3 Å². The number of nitrogens with zero attached hydrogens (tertiary/aromatic N) is 2. The maximum absolute atomic E-state index is 10.7. The quantitative estimate of drug-likeness (QED) is 0.654. The topological polar surface area (TPSA) is 99.3 Å². The molecule has 0 radical (unpaired) electrons. The highest BCUT2D eigenvalue weighted by atomic mass is 16.4. The van der Waals surface area contributed by atoms with Crippen LogP contribution in [-0.4, -0.2) is 34.6 Å². The van der Waals surface area contributed by atoms with Crippen LogP contribution in [0.5, 0.6) is 0 Å². The van der Waals surface area contributed by atoms with E-state index in [0.29, 0.717) is 0 Å². The Kier molecular flexibility index (Phi) is 4.77. The first-order valence-corrected chi connectivity index (χ1v) is 6.29. The molecule has 0 amide bonds. The van der Waals surface area contributed by atoms with Crippen molar-refractivity contribution >= 4 is 24.4 Å². The molecule has 110 valence electrons. The molecular weight excluding hydrogens is 284 g/mol. The molecular formula is C16H12N2O4. The third-order valence-electron chi connectivity index (χ3n) is 2.80. The molecule has 6 nitrogen and oxygen atoms in total. The van der Waals surface area contributed by atoms with E-state index < -0.39 is 11.9 Å². The maximum Gasteiger partial charge on any atom is 0.335 e. The standard InChI is InChI=1S/C16H12N2O4/c19-15(20)13-5-1-11(2-6-13)9-17-18-10-12-3-7-14(8-4-12)16(21)22/h1-10H,(H,19,20)(H,21,22). The summed E-state index contributed by atoms with van der Waals surface area (Å²) in [5.41, 5.74) is 1.87. The van der Waals surface area contributed by atoms with Crippen molar-refractivity contribution in [2.45, 2.75) is 0 Å². The minimum atomic E-state index is -0.980.